The molecule has 20 heavy (non-hydrogen) atoms. The van der Waals surface area contributed by atoms with E-state index < -0.39 is 11.9 Å². The number of likely N-dealkylation sites (tertiary alicyclic amines) is 1. The molecule has 0 aromatic carbocycles. The van der Waals surface area contributed by atoms with Crippen LogP contribution in [0.15, 0.2) is 4.52 Å². The van der Waals surface area contributed by atoms with Gasteiger partial charge in [-0.05, 0) is 5.92 Å². The van der Waals surface area contributed by atoms with Crippen LogP contribution in [0.2, 0.25) is 0 Å². The Kier molecular flexibility index (Phi) is 4.21. The number of carbonyl (C=O) groups excluding carboxylic acids is 1. The molecule has 2 amide bonds. The molecule has 8 heteroatoms. The fraction of sp³-hybridized carbons (Fsp3) is 0.667. The van der Waals surface area contributed by atoms with Gasteiger partial charge in [0, 0.05) is 33.0 Å². The lowest BCUT2D eigenvalue weighted by molar-refractivity contribution is -0.142. The van der Waals surface area contributed by atoms with Gasteiger partial charge in [-0.25, -0.2) is 4.79 Å². The molecule has 1 aliphatic heterocycles. The molecule has 2 N–H and O–H groups in total. The number of carbonyl (C=O) groups is 2. The molecule has 2 atom stereocenters. The van der Waals surface area contributed by atoms with Crippen molar-refractivity contribution in [2.75, 3.05) is 19.6 Å². The first-order valence-corrected chi connectivity index (χ1v) is 6.52. The maximum atomic E-state index is 11.9. The Morgan fingerprint density at radius 1 is 1.50 bits per heavy atom. The highest BCUT2D eigenvalue weighted by Gasteiger charge is 2.36. The Morgan fingerprint density at radius 2 is 2.25 bits per heavy atom. The van der Waals surface area contributed by atoms with Crippen molar-refractivity contribution in [1.82, 2.24) is 20.4 Å². The smallest absolute Gasteiger partial charge is 0.317 e. The van der Waals surface area contributed by atoms with Gasteiger partial charge < -0.3 is 19.8 Å². The van der Waals surface area contributed by atoms with E-state index in [-0.39, 0.29) is 18.5 Å². The minimum absolute atomic E-state index is 0.0295. The summed E-state index contributed by atoms with van der Waals surface area (Å²) in [5.74, 6) is -0.334. The third kappa shape index (κ3) is 3.25. The second-order valence-electron chi connectivity index (χ2n) is 5.04. The molecule has 1 aliphatic rings. The van der Waals surface area contributed by atoms with Crippen LogP contribution in [-0.2, 0) is 11.2 Å². The molecule has 2 rings (SSSR count). The Balaban J connectivity index is 1.77. The number of carboxylic acid groups (broad SMARTS) is 1. The number of amides is 2. The van der Waals surface area contributed by atoms with Gasteiger partial charge in [-0.15, -0.1) is 0 Å². The summed E-state index contributed by atoms with van der Waals surface area (Å²) in [6.07, 6.45) is 0.481. The topological polar surface area (TPSA) is 109 Å². The first-order chi connectivity index (χ1) is 9.47. The summed E-state index contributed by atoms with van der Waals surface area (Å²) in [7, 11) is 0. The van der Waals surface area contributed by atoms with Crippen molar-refractivity contribution in [3.05, 3.63) is 11.7 Å². The van der Waals surface area contributed by atoms with Crippen LogP contribution in [0.5, 0.6) is 0 Å². The summed E-state index contributed by atoms with van der Waals surface area (Å²) in [5, 5.41) is 15.5. The van der Waals surface area contributed by atoms with Crippen LogP contribution in [0.3, 0.4) is 0 Å². The van der Waals surface area contributed by atoms with E-state index in [4.69, 9.17) is 9.63 Å². The standard InChI is InChI=1S/C12H18N4O4/c1-7-5-16(6-9(7)11(17)18)12(19)13-4-3-10-14-8(2)20-15-10/h7,9H,3-6H2,1-2H3,(H,13,19)(H,17,18)/t7-,9-/m1/s1. The number of nitrogens with zero attached hydrogens (tertiary/aromatic N) is 3. The zero-order chi connectivity index (χ0) is 14.7. The monoisotopic (exact) mass is 282 g/mol. The Bertz CT molecular complexity index is 501. The van der Waals surface area contributed by atoms with Crippen LogP contribution in [0.25, 0.3) is 0 Å². The Hall–Kier alpha value is -2.12. The minimum atomic E-state index is -0.852. The van der Waals surface area contributed by atoms with Crippen LogP contribution in [0, 0.1) is 18.8 Å². The molecular weight excluding hydrogens is 264 g/mol. The number of hydrogen-bond donors (Lipinski definition) is 2. The maximum absolute atomic E-state index is 11.9. The first-order valence-electron chi connectivity index (χ1n) is 6.52. The molecule has 1 aromatic heterocycles. The highest BCUT2D eigenvalue weighted by molar-refractivity contribution is 5.77. The summed E-state index contributed by atoms with van der Waals surface area (Å²) >= 11 is 0. The Labute approximate surface area is 116 Å². The number of hydrogen-bond acceptors (Lipinski definition) is 5. The lowest BCUT2D eigenvalue weighted by Gasteiger charge is -2.16. The van der Waals surface area contributed by atoms with Crippen LogP contribution < -0.4 is 5.32 Å². The van der Waals surface area contributed by atoms with Crippen LogP contribution >= 0.6 is 0 Å². The zero-order valence-electron chi connectivity index (χ0n) is 11.5. The summed E-state index contributed by atoms with van der Waals surface area (Å²) in [6.45, 7) is 4.65. The van der Waals surface area contributed by atoms with Gasteiger partial charge in [-0.2, -0.15) is 4.98 Å². The molecule has 110 valence electrons. The van der Waals surface area contributed by atoms with Crippen molar-refractivity contribution >= 4 is 12.0 Å². The van der Waals surface area contributed by atoms with E-state index in [1.165, 1.54) is 4.90 Å². The number of aliphatic carboxylic acids is 1. The summed E-state index contributed by atoms with van der Waals surface area (Å²) in [4.78, 5) is 28.5. The number of aryl methyl sites for hydroxylation is 1. The summed E-state index contributed by atoms with van der Waals surface area (Å²) < 4.78 is 4.83. The van der Waals surface area contributed by atoms with E-state index in [0.717, 1.165) is 0 Å². The Morgan fingerprint density at radius 3 is 2.80 bits per heavy atom. The van der Waals surface area contributed by atoms with Gasteiger partial charge in [0.05, 0.1) is 5.92 Å². The predicted octanol–water partition coefficient (Wildman–Crippen LogP) is 0.283. The molecule has 1 aromatic rings. The predicted molar refractivity (Wildman–Crippen MR) is 68.0 cm³/mol. The molecule has 0 unspecified atom stereocenters. The van der Waals surface area contributed by atoms with Crippen LogP contribution in [-0.4, -0.2) is 51.8 Å². The quantitative estimate of drug-likeness (QED) is 0.821. The highest BCUT2D eigenvalue weighted by atomic mass is 16.5. The molecule has 8 nitrogen and oxygen atoms in total. The van der Waals surface area contributed by atoms with E-state index in [9.17, 15) is 9.59 Å². The summed E-state index contributed by atoms with van der Waals surface area (Å²) in [6, 6.07) is -0.249. The molecule has 0 saturated carbocycles. The second kappa shape index (κ2) is 5.89. The molecule has 1 saturated heterocycles. The maximum Gasteiger partial charge on any atom is 0.317 e. The third-order valence-electron chi connectivity index (χ3n) is 3.41. The van der Waals surface area contributed by atoms with Crippen molar-refractivity contribution in [3.8, 4) is 0 Å². The number of carboxylic acids is 1. The van der Waals surface area contributed by atoms with Gasteiger partial charge in [0.15, 0.2) is 5.82 Å². The highest BCUT2D eigenvalue weighted by Crippen LogP contribution is 2.22. The second-order valence-corrected chi connectivity index (χ2v) is 5.04. The lowest BCUT2D eigenvalue weighted by Crippen LogP contribution is -2.39. The van der Waals surface area contributed by atoms with Crippen molar-refractivity contribution in [1.29, 1.82) is 0 Å². The van der Waals surface area contributed by atoms with E-state index in [0.29, 0.717) is 31.2 Å². The van der Waals surface area contributed by atoms with Gasteiger partial charge in [-0.3, -0.25) is 4.79 Å². The van der Waals surface area contributed by atoms with Gasteiger partial charge in [0.1, 0.15) is 0 Å². The first kappa shape index (κ1) is 14.3. The largest absolute Gasteiger partial charge is 0.481 e. The number of nitrogens with one attached hydrogen (secondary N) is 1. The molecule has 2 heterocycles. The van der Waals surface area contributed by atoms with Crippen molar-refractivity contribution in [2.45, 2.75) is 20.3 Å². The number of urea groups is 1. The van der Waals surface area contributed by atoms with Gasteiger partial charge in [0.2, 0.25) is 5.89 Å². The van der Waals surface area contributed by atoms with Gasteiger partial charge in [0.25, 0.3) is 0 Å². The average molecular weight is 282 g/mol. The van der Waals surface area contributed by atoms with Crippen molar-refractivity contribution in [2.24, 2.45) is 11.8 Å². The van der Waals surface area contributed by atoms with E-state index >= 15 is 0 Å². The van der Waals surface area contributed by atoms with Crippen LogP contribution in [0.4, 0.5) is 4.79 Å². The zero-order valence-corrected chi connectivity index (χ0v) is 11.5. The summed E-state index contributed by atoms with van der Waals surface area (Å²) in [5.41, 5.74) is 0. The van der Waals surface area contributed by atoms with Gasteiger partial charge >= 0.3 is 12.0 Å². The molecule has 1 fully saturated rings. The fourth-order valence-corrected chi connectivity index (χ4v) is 2.29. The van der Waals surface area contributed by atoms with E-state index in [1.54, 1.807) is 6.92 Å². The minimum Gasteiger partial charge on any atom is -0.481 e. The normalized spacial score (nSPS) is 22.0. The van der Waals surface area contributed by atoms with Crippen molar-refractivity contribution in [3.63, 3.8) is 0 Å². The van der Waals surface area contributed by atoms with E-state index in [2.05, 4.69) is 15.5 Å². The molecule has 0 spiro atoms. The average Bonchev–Trinajstić information content (AvgIpc) is 2.95. The van der Waals surface area contributed by atoms with E-state index in [1.807, 2.05) is 6.92 Å². The third-order valence-corrected chi connectivity index (χ3v) is 3.41. The van der Waals surface area contributed by atoms with Crippen LogP contribution in [0.1, 0.15) is 18.6 Å². The lowest BCUT2D eigenvalue weighted by atomic mass is 9.99. The fourth-order valence-electron chi connectivity index (χ4n) is 2.29. The van der Waals surface area contributed by atoms with Gasteiger partial charge in [-0.1, -0.05) is 12.1 Å². The number of rotatable bonds is 4. The number of aromatic nitrogens is 2. The van der Waals surface area contributed by atoms with Crippen molar-refractivity contribution < 1.29 is 19.2 Å². The molecule has 0 aliphatic carbocycles. The molecular formula is C12H18N4O4. The molecule has 0 radical (unpaired) electrons. The SMILES string of the molecule is Cc1nc(CCNC(=O)N2C[C@@H](C)[C@H](C(=O)O)C2)no1. The molecule has 0 bridgehead atoms.